The third-order valence-electron chi connectivity index (χ3n) is 5.56. The predicted molar refractivity (Wildman–Crippen MR) is 130 cm³/mol. The summed E-state index contributed by atoms with van der Waals surface area (Å²) < 4.78 is 0. The highest BCUT2D eigenvalue weighted by Gasteiger charge is 2.23. The zero-order valence-electron chi connectivity index (χ0n) is 18.8. The Bertz CT molecular complexity index is 701. The van der Waals surface area contributed by atoms with Crippen LogP contribution in [0, 0.1) is 0 Å². The van der Waals surface area contributed by atoms with Gasteiger partial charge in [0.25, 0.3) is 0 Å². The second-order valence-corrected chi connectivity index (χ2v) is 9.15. The molecule has 1 saturated carbocycles. The van der Waals surface area contributed by atoms with Gasteiger partial charge in [-0.25, -0.2) is 0 Å². The molecular weight excluding hydrogens is 416 g/mol. The van der Waals surface area contributed by atoms with Crippen molar-refractivity contribution in [3.05, 3.63) is 23.3 Å². The van der Waals surface area contributed by atoms with E-state index in [2.05, 4.69) is 38.1 Å². The number of hydrogen-bond acceptors (Lipinski definition) is 4. The van der Waals surface area contributed by atoms with Crippen molar-refractivity contribution in [2.45, 2.75) is 89.9 Å². The number of carbonyl (C=O) groups is 1. The molecule has 0 N–H and O–H groups in total. The molecule has 1 amide bonds. The van der Waals surface area contributed by atoms with Gasteiger partial charge in [0.1, 0.15) is 5.88 Å². The SMILES string of the molecule is CCCCCCSc1ccc(CC)c(N(CON=C2CCCC2)C(=O)CCl)c1CC. The van der Waals surface area contributed by atoms with Gasteiger partial charge in [-0.1, -0.05) is 51.3 Å². The van der Waals surface area contributed by atoms with E-state index in [1.165, 1.54) is 49.0 Å². The van der Waals surface area contributed by atoms with Crippen LogP contribution < -0.4 is 4.90 Å². The maximum Gasteiger partial charge on any atom is 0.244 e. The van der Waals surface area contributed by atoms with Gasteiger partial charge in [0, 0.05) is 4.90 Å². The third kappa shape index (κ3) is 7.19. The second-order valence-electron chi connectivity index (χ2n) is 7.74. The number of amides is 1. The fraction of sp³-hybridized carbons (Fsp3) is 0.667. The van der Waals surface area contributed by atoms with Crippen molar-refractivity contribution >= 4 is 40.7 Å². The quantitative estimate of drug-likeness (QED) is 0.107. The minimum absolute atomic E-state index is 0.0688. The maximum atomic E-state index is 12.8. The Labute approximate surface area is 191 Å². The Morgan fingerprint density at radius 1 is 1.13 bits per heavy atom. The Balaban J connectivity index is 2.25. The number of unbranched alkanes of at least 4 members (excludes halogenated alkanes) is 3. The molecule has 168 valence electrons. The first-order valence-electron chi connectivity index (χ1n) is 11.5. The lowest BCUT2D eigenvalue weighted by atomic mass is 10.0. The molecule has 1 fully saturated rings. The van der Waals surface area contributed by atoms with Crippen LogP contribution in [0.2, 0.25) is 0 Å². The van der Waals surface area contributed by atoms with Gasteiger partial charge >= 0.3 is 0 Å². The summed E-state index contributed by atoms with van der Waals surface area (Å²) in [4.78, 5) is 21.4. The fourth-order valence-electron chi connectivity index (χ4n) is 3.86. The first-order chi connectivity index (χ1) is 14.7. The van der Waals surface area contributed by atoms with E-state index in [1.807, 2.05) is 11.8 Å². The number of thioether (sulfide) groups is 1. The molecule has 0 saturated heterocycles. The van der Waals surface area contributed by atoms with Crippen LogP contribution in [0.1, 0.15) is 83.3 Å². The summed E-state index contributed by atoms with van der Waals surface area (Å²) in [7, 11) is 0. The second kappa shape index (κ2) is 14.0. The molecule has 0 bridgehead atoms. The minimum atomic E-state index is -0.141. The van der Waals surface area contributed by atoms with Gasteiger partial charge in [-0.05, 0) is 67.9 Å². The van der Waals surface area contributed by atoms with Crippen molar-refractivity contribution in [2.24, 2.45) is 5.16 Å². The minimum Gasteiger partial charge on any atom is -0.373 e. The lowest BCUT2D eigenvalue weighted by Crippen LogP contribution is -2.35. The highest BCUT2D eigenvalue weighted by molar-refractivity contribution is 7.99. The predicted octanol–water partition coefficient (Wildman–Crippen LogP) is 6.96. The van der Waals surface area contributed by atoms with Crippen LogP contribution in [-0.2, 0) is 22.5 Å². The van der Waals surface area contributed by atoms with Crippen molar-refractivity contribution in [3.63, 3.8) is 0 Å². The number of hydrogen-bond donors (Lipinski definition) is 0. The van der Waals surface area contributed by atoms with Crippen LogP contribution in [0.4, 0.5) is 5.69 Å². The molecule has 0 radical (unpaired) electrons. The highest BCUT2D eigenvalue weighted by atomic mass is 35.5. The standard InChI is InChI=1S/C24H37ClN2O2S/c1-4-7-8-11-16-30-22-15-14-19(5-2)24(21(22)6-3)27(23(28)17-25)18-29-26-20-12-9-10-13-20/h14-15H,4-13,16-18H2,1-3H3. The molecule has 30 heavy (non-hydrogen) atoms. The Kier molecular flexibility index (Phi) is 11.7. The molecule has 0 spiro atoms. The van der Waals surface area contributed by atoms with E-state index < -0.39 is 0 Å². The van der Waals surface area contributed by atoms with Crippen molar-refractivity contribution in [1.82, 2.24) is 0 Å². The molecule has 0 atom stereocenters. The number of halogens is 1. The molecule has 6 heteroatoms. The Morgan fingerprint density at radius 3 is 2.53 bits per heavy atom. The molecule has 0 aliphatic heterocycles. The molecular formula is C24H37ClN2O2S. The van der Waals surface area contributed by atoms with Crippen LogP contribution in [-0.4, -0.2) is 30.0 Å². The summed E-state index contributed by atoms with van der Waals surface area (Å²) >= 11 is 7.87. The number of oxime groups is 1. The summed E-state index contributed by atoms with van der Waals surface area (Å²) in [5.41, 5.74) is 4.43. The number of alkyl halides is 1. The summed E-state index contributed by atoms with van der Waals surface area (Å²) in [5.74, 6) is 0.893. The average molecular weight is 453 g/mol. The zero-order chi connectivity index (χ0) is 21.8. The molecule has 1 aromatic rings. The van der Waals surface area contributed by atoms with Crippen LogP contribution in [0.3, 0.4) is 0 Å². The molecule has 4 nitrogen and oxygen atoms in total. The van der Waals surface area contributed by atoms with E-state index in [1.54, 1.807) is 4.90 Å². The topological polar surface area (TPSA) is 41.9 Å². The van der Waals surface area contributed by atoms with Crippen LogP contribution in [0.15, 0.2) is 22.2 Å². The highest BCUT2D eigenvalue weighted by Crippen LogP contribution is 2.36. The molecule has 0 unspecified atom stereocenters. The zero-order valence-corrected chi connectivity index (χ0v) is 20.4. The first kappa shape index (κ1) is 25.1. The van der Waals surface area contributed by atoms with Gasteiger partial charge in [0.2, 0.25) is 5.91 Å². The van der Waals surface area contributed by atoms with Crippen molar-refractivity contribution in [2.75, 3.05) is 23.3 Å². The molecule has 1 aliphatic carbocycles. The average Bonchev–Trinajstić information content (AvgIpc) is 3.29. The molecule has 0 heterocycles. The number of nitrogens with zero attached hydrogens (tertiary/aromatic N) is 2. The fourth-order valence-corrected chi connectivity index (χ4v) is 5.15. The molecule has 1 aromatic carbocycles. The summed E-state index contributed by atoms with van der Waals surface area (Å²) in [6, 6.07) is 4.37. The van der Waals surface area contributed by atoms with Gasteiger partial charge < -0.3 is 4.84 Å². The van der Waals surface area contributed by atoms with Crippen LogP contribution >= 0.6 is 23.4 Å². The number of benzene rings is 1. The van der Waals surface area contributed by atoms with Crippen molar-refractivity contribution in [1.29, 1.82) is 0 Å². The maximum absolute atomic E-state index is 12.8. The van der Waals surface area contributed by atoms with Gasteiger partial charge in [0.05, 0.1) is 11.4 Å². The van der Waals surface area contributed by atoms with Gasteiger partial charge in [-0.2, -0.15) is 0 Å². The van der Waals surface area contributed by atoms with Crippen molar-refractivity contribution in [3.8, 4) is 0 Å². The smallest absolute Gasteiger partial charge is 0.244 e. The molecule has 0 aromatic heterocycles. The van der Waals surface area contributed by atoms with Crippen LogP contribution in [0.25, 0.3) is 0 Å². The molecule has 1 aliphatic rings. The molecule has 2 rings (SSSR count). The van der Waals surface area contributed by atoms with E-state index in [0.717, 1.165) is 48.4 Å². The van der Waals surface area contributed by atoms with E-state index in [4.69, 9.17) is 16.4 Å². The van der Waals surface area contributed by atoms with Gasteiger partial charge in [-0.3, -0.25) is 9.69 Å². The normalized spacial score (nSPS) is 13.5. The van der Waals surface area contributed by atoms with E-state index in [0.29, 0.717) is 0 Å². The number of anilines is 1. The van der Waals surface area contributed by atoms with E-state index >= 15 is 0 Å². The number of rotatable bonds is 13. The number of carbonyl (C=O) groups excluding carboxylic acids is 1. The summed E-state index contributed by atoms with van der Waals surface area (Å²) in [6.45, 7) is 6.63. The van der Waals surface area contributed by atoms with Crippen LogP contribution in [0.5, 0.6) is 0 Å². The lowest BCUT2D eigenvalue weighted by Gasteiger charge is -2.27. The van der Waals surface area contributed by atoms with Gasteiger partial charge in [-0.15, -0.1) is 23.4 Å². The van der Waals surface area contributed by atoms with E-state index in [9.17, 15) is 4.79 Å². The lowest BCUT2D eigenvalue weighted by molar-refractivity contribution is -0.117. The van der Waals surface area contributed by atoms with Gasteiger partial charge in [0.15, 0.2) is 6.73 Å². The Morgan fingerprint density at radius 2 is 1.90 bits per heavy atom. The summed E-state index contributed by atoms with van der Waals surface area (Å²) in [5, 5.41) is 4.29. The number of aryl methyl sites for hydroxylation is 1. The summed E-state index contributed by atoms with van der Waals surface area (Å²) in [6.07, 6.45) is 11.1. The van der Waals surface area contributed by atoms with Crippen molar-refractivity contribution < 1.29 is 9.63 Å². The first-order valence-corrected chi connectivity index (χ1v) is 13.0. The monoisotopic (exact) mass is 452 g/mol. The van der Waals surface area contributed by atoms with E-state index in [-0.39, 0.29) is 18.5 Å². The third-order valence-corrected chi connectivity index (χ3v) is 6.97. The largest absolute Gasteiger partial charge is 0.373 e. The Hall–Kier alpha value is -1.20.